The normalized spacial score (nSPS) is 25.3. The van der Waals surface area contributed by atoms with Crippen LogP contribution in [0.4, 0.5) is 0 Å². The summed E-state index contributed by atoms with van der Waals surface area (Å²) in [6, 6.07) is 0.172. The topological polar surface area (TPSA) is 40.5 Å². The molecule has 0 aliphatic carbocycles. The lowest BCUT2D eigenvalue weighted by Gasteiger charge is -2.30. The van der Waals surface area contributed by atoms with E-state index in [9.17, 15) is 4.79 Å². The van der Waals surface area contributed by atoms with Crippen molar-refractivity contribution in [1.29, 1.82) is 0 Å². The van der Waals surface area contributed by atoms with E-state index in [4.69, 9.17) is 5.11 Å². The number of carbonyl (C=O) groups is 1. The highest BCUT2D eigenvalue weighted by Gasteiger charge is 2.28. The summed E-state index contributed by atoms with van der Waals surface area (Å²) in [6.07, 6.45) is 3.94. The van der Waals surface area contributed by atoms with Gasteiger partial charge in [0.05, 0.1) is 6.42 Å². The lowest BCUT2D eigenvalue weighted by atomic mass is 9.77. The fourth-order valence-electron chi connectivity index (χ4n) is 2.81. The monoisotopic (exact) mass is 241 g/mol. The summed E-state index contributed by atoms with van der Waals surface area (Å²) >= 11 is 0. The fraction of sp³-hybridized carbons (Fsp3) is 0.929. The van der Waals surface area contributed by atoms with Crippen molar-refractivity contribution in [3.05, 3.63) is 0 Å². The molecule has 0 saturated carbocycles. The van der Waals surface area contributed by atoms with Crippen LogP contribution in [-0.4, -0.2) is 35.1 Å². The number of nitrogens with zero attached hydrogens (tertiary/aromatic N) is 1. The first-order chi connectivity index (χ1) is 7.80. The number of likely N-dealkylation sites (tertiary alicyclic amines) is 1. The molecule has 0 amide bonds. The van der Waals surface area contributed by atoms with Crippen LogP contribution >= 0.6 is 0 Å². The van der Waals surface area contributed by atoms with E-state index in [1.165, 1.54) is 19.3 Å². The van der Waals surface area contributed by atoms with Crippen molar-refractivity contribution in [3.63, 3.8) is 0 Å². The molecule has 0 aromatic heterocycles. The molecule has 2 unspecified atom stereocenters. The number of carboxylic acids is 1. The van der Waals surface area contributed by atoms with E-state index in [0.29, 0.717) is 5.41 Å². The average molecular weight is 241 g/mol. The van der Waals surface area contributed by atoms with Gasteiger partial charge in [0.2, 0.25) is 0 Å². The molecule has 0 spiro atoms. The Morgan fingerprint density at radius 1 is 1.35 bits per heavy atom. The van der Waals surface area contributed by atoms with Gasteiger partial charge in [0.25, 0.3) is 0 Å². The van der Waals surface area contributed by atoms with Crippen LogP contribution in [-0.2, 0) is 4.79 Å². The third-order valence-electron chi connectivity index (χ3n) is 4.08. The third kappa shape index (κ3) is 4.66. The standard InChI is InChI=1S/C14H27NO2/c1-11(10-13(16)17)15-8-5-6-12(7-9-15)14(2,3)4/h11-12H,5-10H2,1-4H3,(H,16,17). The van der Waals surface area contributed by atoms with Gasteiger partial charge in [0.15, 0.2) is 0 Å². The lowest BCUT2D eigenvalue weighted by Crippen LogP contribution is -2.35. The predicted octanol–water partition coefficient (Wildman–Crippen LogP) is 3.00. The molecule has 3 heteroatoms. The van der Waals surface area contributed by atoms with Gasteiger partial charge in [-0.05, 0) is 50.6 Å². The van der Waals surface area contributed by atoms with Gasteiger partial charge in [-0.1, -0.05) is 20.8 Å². The third-order valence-corrected chi connectivity index (χ3v) is 4.08. The summed E-state index contributed by atoms with van der Waals surface area (Å²) < 4.78 is 0. The Labute approximate surface area is 105 Å². The molecule has 3 nitrogen and oxygen atoms in total. The second-order valence-corrected chi connectivity index (χ2v) is 6.48. The molecular formula is C14H27NO2. The first-order valence-electron chi connectivity index (χ1n) is 6.76. The minimum Gasteiger partial charge on any atom is -0.481 e. The highest BCUT2D eigenvalue weighted by molar-refractivity contribution is 5.67. The van der Waals surface area contributed by atoms with Gasteiger partial charge in [-0.3, -0.25) is 4.79 Å². The van der Waals surface area contributed by atoms with E-state index >= 15 is 0 Å². The molecule has 0 aromatic carbocycles. The molecule has 1 aliphatic heterocycles. The van der Waals surface area contributed by atoms with Crippen LogP contribution in [0.15, 0.2) is 0 Å². The quantitative estimate of drug-likeness (QED) is 0.825. The molecule has 1 heterocycles. The summed E-state index contributed by atoms with van der Waals surface area (Å²) in [6.45, 7) is 11.1. The van der Waals surface area contributed by atoms with Gasteiger partial charge >= 0.3 is 5.97 Å². The molecule has 1 fully saturated rings. The van der Waals surface area contributed by atoms with Crippen LogP contribution in [0.2, 0.25) is 0 Å². The van der Waals surface area contributed by atoms with Crippen LogP contribution < -0.4 is 0 Å². The Kier molecular flexibility index (Phi) is 4.99. The Bertz CT molecular complexity index is 257. The Morgan fingerprint density at radius 3 is 2.53 bits per heavy atom. The lowest BCUT2D eigenvalue weighted by molar-refractivity contribution is -0.138. The highest BCUT2D eigenvalue weighted by Crippen LogP contribution is 2.34. The number of rotatable bonds is 3. The molecule has 1 saturated heterocycles. The molecule has 0 radical (unpaired) electrons. The van der Waals surface area contributed by atoms with E-state index in [1.807, 2.05) is 6.92 Å². The summed E-state index contributed by atoms with van der Waals surface area (Å²) in [4.78, 5) is 13.1. The van der Waals surface area contributed by atoms with E-state index < -0.39 is 5.97 Å². The Balaban J connectivity index is 2.50. The van der Waals surface area contributed by atoms with E-state index in [0.717, 1.165) is 19.0 Å². The molecule has 1 rings (SSSR count). The largest absolute Gasteiger partial charge is 0.481 e. The molecule has 1 aliphatic rings. The van der Waals surface area contributed by atoms with Crippen LogP contribution in [0, 0.1) is 11.3 Å². The average Bonchev–Trinajstić information content (AvgIpc) is 2.40. The van der Waals surface area contributed by atoms with Gasteiger partial charge < -0.3 is 10.0 Å². The number of aliphatic carboxylic acids is 1. The van der Waals surface area contributed by atoms with Crippen molar-refractivity contribution in [3.8, 4) is 0 Å². The minimum atomic E-state index is -0.686. The van der Waals surface area contributed by atoms with E-state index in [-0.39, 0.29) is 12.5 Å². The van der Waals surface area contributed by atoms with Crippen molar-refractivity contribution < 1.29 is 9.90 Å². The maximum Gasteiger partial charge on any atom is 0.304 e. The highest BCUT2D eigenvalue weighted by atomic mass is 16.4. The van der Waals surface area contributed by atoms with Crippen LogP contribution in [0.25, 0.3) is 0 Å². The number of hydrogen-bond donors (Lipinski definition) is 1. The first kappa shape index (κ1) is 14.5. The van der Waals surface area contributed by atoms with Crippen LogP contribution in [0.3, 0.4) is 0 Å². The maximum atomic E-state index is 10.7. The zero-order chi connectivity index (χ0) is 13.1. The zero-order valence-electron chi connectivity index (χ0n) is 11.7. The predicted molar refractivity (Wildman–Crippen MR) is 70.1 cm³/mol. The smallest absolute Gasteiger partial charge is 0.304 e. The van der Waals surface area contributed by atoms with Crippen molar-refractivity contribution in [2.45, 2.75) is 59.4 Å². The first-order valence-corrected chi connectivity index (χ1v) is 6.76. The zero-order valence-corrected chi connectivity index (χ0v) is 11.7. The minimum absolute atomic E-state index is 0.172. The second kappa shape index (κ2) is 5.85. The second-order valence-electron chi connectivity index (χ2n) is 6.48. The molecule has 0 bridgehead atoms. The van der Waals surface area contributed by atoms with E-state index in [1.54, 1.807) is 0 Å². The SMILES string of the molecule is CC(CC(=O)O)N1CCCC(C(C)(C)C)CC1. The van der Waals surface area contributed by atoms with Gasteiger partial charge in [-0.25, -0.2) is 0 Å². The molecule has 0 aromatic rings. The van der Waals surface area contributed by atoms with Gasteiger partial charge in [-0.15, -0.1) is 0 Å². The van der Waals surface area contributed by atoms with Crippen molar-refractivity contribution in [2.24, 2.45) is 11.3 Å². The molecule has 2 atom stereocenters. The Hall–Kier alpha value is -0.570. The van der Waals surface area contributed by atoms with Gasteiger partial charge in [0.1, 0.15) is 0 Å². The number of hydrogen-bond acceptors (Lipinski definition) is 2. The van der Waals surface area contributed by atoms with Crippen LogP contribution in [0.5, 0.6) is 0 Å². The Morgan fingerprint density at radius 2 is 2.00 bits per heavy atom. The summed E-state index contributed by atoms with van der Waals surface area (Å²) in [5, 5.41) is 8.84. The van der Waals surface area contributed by atoms with Crippen molar-refractivity contribution >= 4 is 5.97 Å². The maximum absolute atomic E-state index is 10.7. The van der Waals surface area contributed by atoms with Gasteiger partial charge in [0, 0.05) is 6.04 Å². The fourth-order valence-corrected chi connectivity index (χ4v) is 2.81. The van der Waals surface area contributed by atoms with Crippen LogP contribution in [0.1, 0.15) is 53.4 Å². The summed E-state index contributed by atoms with van der Waals surface area (Å²) in [7, 11) is 0. The van der Waals surface area contributed by atoms with Gasteiger partial charge in [-0.2, -0.15) is 0 Å². The molecule has 100 valence electrons. The summed E-state index contributed by atoms with van der Waals surface area (Å²) in [5.41, 5.74) is 0.381. The molecule has 17 heavy (non-hydrogen) atoms. The van der Waals surface area contributed by atoms with E-state index in [2.05, 4.69) is 25.7 Å². The summed E-state index contributed by atoms with van der Waals surface area (Å²) in [5.74, 6) is 0.0821. The number of carboxylic acid groups (broad SMARTS) is 1. The van der Waals surface area contributed by atoms with Crippen molar-refractivity contribution in [1.82, 2.24) is 4.90 Å². The molecule has 1 N–H and O–H groups in total. The van der Waals surface area contributed by atoms with Crippen molar-refractivity contribution in [2.75, 3.05) is 13.1 Å². The molecular weight excluding hydrogens is 214 g/mol.